The molecule has 0 saturated carbocycles. The quantitative estimate of drug-likeness (QED) is 0.919. The van der Waals surface area contributed by atoms with Gasteiger partial charge < -0.3 is 9.52 Å². The summed E-state index contributed by atoms with van der Waals surface area (Å²) in [5.41, 5.74) is 0.239. The summed E-state index contributed by atoms with van der Waals surface area (Å²) in [5.74, 6) is 2.26. The summed E-state index contributed by atoms with van der Waals surface area (Å²) in [7, 11) is 0. The van der Waals surface area contributed by atoms with Crippen molar-refractivity contribution in [2.45, 2.75) is 29.9 Å². The number of fused-ring (bicyclic) bond motifs is 1. The number of thioether (sulfide) groups is 2. The van der Waals surface area contributed by atoms with E-state index in [2.05, 4.69) is 6.92 Å². The van der Waals surface area contributed by atoms with Gasteiger partial charge in [-0.1, -0.05) is 19.1 Å². The maximum Gasteiger partial charge on any atom is 0.170 e. The summed E-state index contributed by atoms with van der Waals surface area (Å²) in [6, 6.07) is 6.60. The van der Waals surface area contributed by atoms with Crippen LogP contribution in [0.5, 0.6) is 0 Å². The summed E-state index contributed by atoms with van der Waals surface area (Å²) in [5, 5.41) is 11.8. The van der Waals surface area contributed by atoms with Crippen LogP contribution in [0, 0.1) is 5.82 Å². The van der Waals surface area contributed by atoms with E-state index in [1.165, 1.54) is 6.07 Å². The van der Waals surface area contributed by atoms with Crippen molar-refractivity contribution in [2.24, 2.45) is 0 Å². The highest BCUT2D eigenvalue weighted by molar-refractivity contribution is 8.07. The number of rotatable bonds is 3. The average Bonchev–Trinajstić information content (AvgIpc) is 2.92. The zero-order valence-electron chi connectivity index (χ0n) is 11.2. The number of aliphatic hydroxyl groups is 1. The number of aliphatic hydroxyl groups excluding tert-OH is 1. The number of para-hydroxylation sites is 1. The molecule has 20 heavy (non-hydrogen) atoms. The molecule has 1 aliphatic rings. The summed E-state index contributed by atoms with van der Waals surface area (Å²) in [4.78, 5) is 0. The molecule has 0 radical (unpaired) electrons. The highest BCUT2D eigenvalue weighted by Crippen LogP contribution is 2.41. The minimum atomic E-state index is -0.676. The molecule has 108 valence electrons. The number of hydrogen-bond donors (Lipinski definition) is 1. The number of hydrogen-bond acceptors (Lipinski definition) is 4. The van der Waals surface area contributed by atoms with Gasteiger partial charge in [-0.2, -0.15) is 23.5 Å². The Morgan fingerprint density at radius 1 is 1.40 bits per heavy atom. The molecule has 1 aliphatic heterocycles. The minimum Gasteiger partial charge on any atom is -0.455 e. The molecule has 0 aliphatic carbocycles. The lowest BCUT2D eigenvalue weighted by Gasteiger charge is -2.32. The molecule has 5 heteroatoms. The van der Waals surface area contributed by atoms with E-state index < -0.39 is 6.10 Å². The molecular weight excluding hydrogens is 295 g/mol. The van der Waals surface area contributed by atoms with E-state index in [1.807, 2.05) is 11.8 Å². The molecule has 0 spiro atoms. The van der Waals surface area contributed by atoms with Crippen LogP contribution in [0.15, 0.2) is 28.7 Å². The predicted octanol–water partition coefficient (Wildman–Crippen LogP) is 4.23. The highest BCUT2D eigenvalue weighted by Gasteiger charge is 2.33. The smallest absolute Gasteiger partial charge is 0.170 e. The van der Waals surface area contributed by atoms with Crippen molar-refractivity contribution < 1.29 is 13.9 Å². The minimum absolute atomic E-state index is 0.113. The van der Waals surface area contributed by atoms with Crippen molar-refractivity contribution in [1.29, 1.82) is 0 Å². The van der Waals surface area contributed by atoms with E-state index in [1.54, 1.807) is 30.0 Å². The molecule has 3 atom stereocenters. The zero-order valence-corrected chi connectivity index (χ0v) is 12.8. The van der Waals surface area contributed by atoms with Crippen molar-refractivity contribution in [3.8, 4) is 0 Å². The molecule has 1 N–H and O–H groups in total. The van der Waals surface area contributed by atoms with E-state index in [0.29, 0.717) is 16.4 Å². The van der Waals surface area contributed by atoms with Gasteiger partial charge in [0.1, 0.15) is 11.9 Å². The molecule has 1 aromatic carbocycles. The van der Waals surface area contributed by atoms with Gasteiger partial charge in [0.05, 0.1) is 0 Å². The molecule has 0 amide bonds. The van der Waals surface area contributed by atoms with Crippen LogP contribution in [0.4, 0.5) is 4.39 Å². The first-order valence-corrected chi connectivity index (χ1v) is 8.89. The summed E-state index contributed by atoms with van der Waals surface area (Å²) < 4.78 is 19.2. The van der Waals surface area contributed by atoms with Gasteiger partial charge in [-0.25, -0.2) is 4.39 Å². The first-order valence-electron chi connectivity index (χ1n) is 6.80. The Morgan fingerprint density at radius 3 is 2.95 bits per heavy atom. The fourth-order valence-corrected chi connectivity index (χ4v) is 5.70. The highest BCUT2D eigenvalue weighted by atomic mass is 32.2. The topological polar surface area (TPSA) is 33.4 Å². The molecular formula is C15H17FO2S2. The van der Waals surface area contributed by atoms with Crippen molar-refractivity contribution in [1.82, 2.24) is 0 Å². The van der Waals surface area contributed by atoms with Gasteiger partial charge in [-0.3, -0.25) is 0 Å². The number of furan rings is 1. The lowest BCUT2D eigenvalue weighted by Crippen LogP contribution is -2.30. The van der Waals surface area contributed by atoms with Crippen LogP contribution < -0.4 is 0 Å². The molecule has 3 rings (SSSR count). The molecule has 0 bridgehead atoms. The first kappa shape index (κ1) is 14.3. The van der Waals surface area contributed by atoms with E-state index in [4.69, 9.17) is 4.42 Å². The Bertz CT molecular complexity index is 599. The predicted molar refractivity (Wildman–Crippen MR) is 83.9 cm³/mol. The first-order chi connectivity index (χ1) is 9.70. The molecule has 2 nitrogen and oxygen atoms in total. The van der Waals surface area contributed by atoms with Gasteiger partial charge in [0.25, 0.3) is 0 Å². The Hall–Kier alpha value is -0.650. The standard InChI is InChI=1S/C15H17FO2S2/c1-2-12-15(20-7-6-19-12)13(17)11-8-9-4-3-5-10(16)14(9)18-11/h3-5,8,12-13,15,17H,2,6-7H2,1H3. The zero-order chi connectivity index (χ0) is 14.1. The third-order valence-corrected chi connectivity index (χ3v) is 6.95. The van der Waals surface area contributed by atoms with Crippen molar-refractivity contribution in [3.05, 3.63) is 35.8 Å². The molecule has 2 heterocycles. The number of halogens is 1. The second-order valence-electron chi connectivity index (χ2n) is 4.90. The van der Waals surface area contributed by atoms with Crippen LogP contribution in [-0.2, 0) is 0 Å². The molecule has 1 fully saturated rings. The Balaban J connectivity index is 1.91. The normalized spacial score (nSPS) is 24.9. The van der Waals surface area contributed by atoms with Gasteiger partial charge in [0, 0.05) is 27.4 Å². The van der Waals surface area contributed by atoms with E-state index in [0.717, 1.165) is 17.9 Å². The van der Waals surface area contributed by atoms with E-state index in [9.17, 15) is 9.50 Å². The molecule has 2 aromatic rings. The van der Waals surface area contributed by atoms with E-state index >= 15 is 0 Å². The van der Waals surface area contributed by atoms with Crippen molar-refractivity contribution in [3.63, 3.8) is 0 Å². The summed E-state index contributed by atoms with van der Waals surface area (Å²) >= 11 is 3.70. The Morgan fingerprint density at radius 2 is 2.20 bits per heavy atom. The second-order valence-corrected chi connectivity index (χ2v) is 7.54. The van der Waals surface area contributed by atoms with Gasteiger partial charge in [0.2, 0.25) is 0 Å². The van der Waals surface area contributed by atoms with Crippen LogP contribution in [0.1, 0.15) is 25.2 Å². The van der Waals surface area contributed by atoms with Crippen molar-refractivity contribution in [2.75, 3.05) is 11.5 Å². The molecule has 1 saturated heterocycles. The fourth-order valence-electron chi connectivity index (χ4n) is 2.59. The third kappa shape index (κ3) is 2.59. The van der Waals surface area contributed by atoms with Gasteiger partial charge in [0.15, 0.2) is 11.4 Å². The van der Waals surface area contributed by atoms with Crippen molar-refractivity contribution >= 4 is 34.5 Å². The number of benzene rings is 1. The average molecular weight is 312 g/mol. The summed E-state index contributed by atoms with van der Waals surface area (Å²) in [6.45, 7) is 2.14. The van der Waals surface area contributed by atoms with Crippen LogP contribution in [0.2, 0.25) is 0 Å². The van der Waals surface area contributed by atoms with Crippen LogP contribution in [0.3, 0.4) is 0 Å². The van der Waals surface area contributed by atoms with E-state index in [-0.39, 0.29) is 16.7 Å². The second kappa shape index (κ2) is 6.00. The largest absolute Gasteiger partial charge is 0.455 e. The fraction of sp³-hybridized carbons (Fsp3) is 0.467. The SMILES string of the molecule is CCC1SCCSC1C(O)c1cc2cccc(F)c2o1. The van der Waals surface area contributed by atoms with Gasteiger partial charge in [-0.05, 0) is 18.6 Å². The maximum absolute atomic E-state index is 13.7. The Labute approximate surface area is 126 Å². The van der Waals surface area contributed by atoms with Gasteiger partial charge in [-0.15, -0.1) is 0 Å². The molecule has 1 aromatic heterocycles. The van der Waals surface area contributed by atoms with Crippen LogP contribution in [-0.4, -0.2) is 27.1 Å². The maximum atomic E-state index is 13.7. The third-order valence-electron chi connectivity index (χ3n) is 3.61. The van der Waals surface area contributed by atoms with Crippen LogP contribution in [0.25, 0.3) is 11.0 Å². The molecule has 3 unspecified atom stereocenters. The lowest BCUT2D eigenvalue weighted by atomic mass is 10.1. The van der Waals surface area contributed by atoms with Gasteiger partial charge >= 0.3 is 0 Å². The van der Waals surface area contributed by atoms with Crippen LogP contribution >= 0.6 is 23.5 Å². The Kier molecular flexibility index (Phi) is 4.29. The monoisotopic (exact) mass is 312 g/mol. The summed E-state index contributed by atoms with van der Waals surface area (Å²) in [6.07, 6.45) is 0.345. The lowest BCUT2D eigenvalue weighted by molar-refractivity contribution is 0.147.